The van der Waals surface area contributed by atoms with Gasteiger partial charge in [-0.2, -0.15) is 0 Å². The highest BCUT2D eigenvalue weighted by Gasteiger charge is 2.20. The average molecular weight is 504 g/mol. The summed E-state index contributed by atoms with van der Waals surface area (Å²) < 4.78 is 7.16. The van der Waals surface area contributed by atoms with Crippen molar-refractivity contribution >= 4 is 45.9 Å². The minimum atomic E-state index is -0.177. The van der Waals surface area contributed by atoms with Gasteiger partial charge in [-0.3, -0.25) is 9.36 Å². The maximum Gasteiger partial charge on any atom is 0.234 e. The molecule has 2 heterocycles. The Morgan fingerprint density at radius 3 is 2.77 bits per heavy atom. The Labute approximate surface area is 211 Å². The number of benzene rings is 3. The van der Waals surface area contributed by atoms with Gasteiger partial charge in [-0.25, -0.2) is 0 Å². The third kappa shape index (κ3) is 4.76. The first-order chi connectivity index (χ1) is 17.0. The normalized spacial score (nSPS) is 11.1. The Morgan fingerprint density at radius 1 is 1.11 bits per heavy atom. The van der Waals surface area contributed by atoms with E-state index in [9.17, 15) is 4.79 Å². The molecule has 3 aromatic carbocycles. The quantitative estimate of drug-likeness (QED) is 0.261. The van der Waals surface area contributed by atoms with Gasteiger partial charge in [0.2, 0.25) is 5.91 Å². The zero-order valence-corrected chi connectivity index (χ0v) is 20.7. The number of aromatic nitrogens is 4. The summed E-state index contributed by atoms with van der Waals surface area (Å²) in [7, 11) is 1.55. The highest BCUT2D eigenvalue weighted by atomic mass is 35.5. The van der Waals surface area contributed by atoms with E-state index in [4.69, 9.17) is 16.3 Å². The second kappa shape index (κ2) is 9.85. The molecule has 35 heavy (non-hydrogen) atoms. The predicted molar refractivity (Wildman–Crippen MR) is 141 cm³/mol. The van der Waals surface area contributed by atoms with Crippen LogP contribution in [0.5, 0.6) is 5.75 Å². The van der Waals surface area contributed by atoms with Crippen LogP contribution in [0.3, 0.4) is 0 Å². The number of aryl methyl sites for hydroxylation is 1. The van der Waals surface area contributed by atoms with Gasteiger partial charge in [0.1, 0.15) is 5.75 Å². The van der Waals surface area contributed by atoms with Crippen molar-refractivity contribution < 1.29 is 9.53 Å². The van der Waals surface area contributed by atoms with Gasteiger partial charge in [0.25, 0.3) is 0 Å². The molecule has 0 bridgehead atoms. The van der Waals surface area contributed by atoms with Crippen molar-refractivity contribution in [1.82, 2.24) is 19.7 Å². The minimum absolute atomic E-state index is 0.154. The number of fused-ring (bicyclic) bond motifs is 1. The van der Waals surface area contributed by atoms with Crippen molar-refractivity contribution in [2.75, 3.05) is 18.2 Å². The van der Waals surface area contributed by atoms with E-state index in [0.29, 0.717) is 27.4 Å². The fourth-order valence-electron chi connectivity index (χ4n) is 3.87. The van der Waals surface area contributed by atoms with Gasteiger partial charge in [-0.15, -0.1) is 10.2 Å². The number of hydrogen-bond acceptors (Lipinski definition) is 5. The van der Waals surface area contributed by atoms with Crippen LogP contribution in [0, 0.1) is 6.92 Å². The fourth-order valence-corrected chi connectivity index (χ4v) is 4.88. The molecule has 0 saturated heterocycles. The summed E-state index contributed by atoms with van der Waals surface area (Å²) in [5.74, 6) is 1.23. The van der Waals surface area contributed by atoms with E-state index in [2.05, 4.69) is 32.6 Å². The van der Waals surface area contributed by atoms with Gasteiger partial charge in [-0.05, 0) is 48.9 Å². The second-order valence-electron chi connectivity index (χ2n) is 7.91. The van der Waals surface area contributed by atoms with Gasteiger partial charge in [0.15, 0.2) is 11.0 Å². The number of para-hydroxylation sites is 1. The van der Waals surface area contributed by atoms with Crippen molar-refractivity contribution in [2.24, 2.45) is 0 Å². The zero-order chi connectivity index (χ0) is 24.4. The lowest BCUT2D eigenvalue weighted by Crippen LogP contribution is -2.14. The van der Waals surface area contributed by atoms with E-state index >= 15 is 0 Å². The van der Waals surface area contributed by atoms with Gasteiger partial charge in [0, 0.05) is 34.0 Å². The largest absolute Gasteiger partial charge is 0.495 e. The molecule has 2 aromatic heterocycles. The third-order valence-electron chi connectivity index (χ3n) is 5.49. The number of thioether (sulfide) groups is 1. The Kier molecular flexibility index (Phi) is 6.48. The molecule has 0 aliphatic carbocycles. The van der Waals surface area contributed by atoms with Crippen LogP contribution in [-0.4, -0.2) is 38.5 Å². The molecule has 0 atom stereocenters. The molecule has 0 fully saturated rings. The molecule has 176 valence electrons. The highest BCUT2D eigenvalue weighted by Crippen LogP contribution is 2.33. The lowest BCUT2D eigenvalue weighted by Gasteiger charge is -2.11. The van der Waals surface area contributed by atoms with E-state index in [-0.39, 0.29) is 11.7 Å². The first-order valence-corrected chi connectivity index (χ1v) is 12.2. The molecular weight excluding hydrogens is 482 g/mol. The first-order valence-electron chi connectivity index (χ1n) is 10.9. The summed E-state index contributed by atoms with van der Waals surface area (Å²) in [6, 6.07) is 21.3. The molecule has 7 nitrogen and oxygen atoms in total. The fraction of sp³-hybridized carbons (Fsp3) is 0.115. The molecule has 0 radical (unpaired) electrons. The number of methoxy groups -OCH3 is 1. The van der Waals surface area contributed by atoms with Crippen LogP contribution in [0.4, 0.5) is 5.69 Å². The monoisotopic (exact) mass is 503 g/mol. The zero-order valence-electron chi connectivity index (χ0n) is 19.1. The SMILES string of the molecule is COc1ccc(NC(=O)CSc2nnc(-c3c[nH]c4ccccc34)n2-c2cccc(C)c2)cc1Cl. The molecule has 5 rings (SSSR count). The number of carbonyl (C=O) groups is 1. The Bertz CT molecular complexity index is 1530. The number of nitrogens with one attached hydrogen (secondary N) is 2. The smallest absolute Gasteiger partial charge is 0.234 e. The van der Waals surface area contributed by atoms with Crippen LogP contribution in [0.2, 0.25) is 5.02 Å². The second-order valence-corrected chi connectivity index (χ2v) is 9.26. The van der Waals surface area contributed by atoms with Crippen molar-refractivity contribution in [2.45, 2.75) is 12.1 Å². The number of carbonyl (C=O) groups excluding carboxylic acids is 1. The molecule has 1 amide bonds. The molecule has 0 unspecified atom stereocenters. The van der Waals surface area contributed by atoms with Gasteiger partial charge in [0.05, 0.1) is 17.9 Å². The number of rotatable bonds is 7. The van der Waals surface area contributed by atoms with Crippen LogP contribution in [-0.2, 0) is 4.79 Å². The summed E-state index contributed by atoms with van der Waals surface area (Å²) in [5.41, 5.74) is 4.61. The van der Waals surface area contributed by atoms with Crippen LogP contribution >= 0.6 is 23.4 Å². The maximum atomic E-state index is 12.7. The third-order valence-corrected chi connectivity index (χ3v) is 6.72. The number of hydrogen-bond donors (Lipinski definition) is 2. The topological polar surface area (TPSA) is 84.8 Å². The molecule has 2 N–H and O–H groups in total. The summed E-state index contributed by atoms with van der Waals surface area (Å²) >= 11 is 7.49. The maximum absolute atomic E-state index is 12.7. The number of ether oxygens (including phenoxy) is 1. The summed E-state index contributed by atoms with van der Waals surface area (Å²) in [6.07, 6.45) is 1.94. The van der Waals surface area contributed by atoms with Crippen LogP contribution in [0.25, 0.3) is 28.0 Å². The number of aromatic amines is 1. The molecule has 5 aromatic rings. The Hall–Kier alpha value is -3.75. The van der Waals surface area contributed by atoms with Crippen molar-refractivity contribution in [3.05, 3.63) is 83.5 Å². The van der Waals surface area contributed by atoms with Crippen molar-refractivity contribution in [3.8, 4) is 22.8 Å². The van der Waals surface area contributed by atoms with E-state index in [1.54, 1.807) is 25.3 Å². The standard InChI is InChI=1S/C26H22ClN5O2S/c1-16-6-5-7-18(12-16)32-25(20-14-28-22-9-4-3-8-19(20)22)30-31-26(32)35-15-24(33)29-17-10-11-23(34-2)21(27)13-17/h3-14,28H,15H2,1-2H3,(H,29,33). The van der Waals surface area contributed by atoms with E-state index in [1.165, 1.54) is 11.8 Å². The Balaban J connectivity index is 1.44. The lowest BCUT2D eigenvalue weighted by atomic mass is 10.1. The molecular formula is C26H22ClN5O2S. The molecule has 0 aliphatic heterocycles. The molecule has 0 aliphatic rings. The summed E-state index contributed by atoms with van der Waals surface area (Å²) in [5, 5.41) is 13.9. The van der Waals surface area contributed by atoms with E-state index in [1.807, 2.05) is 54.1 Å². The number of halogens is 1. The van der Waals surface area contributed by atoms with Crippen LogP contribution < -0.4 is 10.1 Å². The molecule has 0 spiro atoms. The number of nitrogens with zero attached hydrogens (tertiary/aromatic N) is 3. The molecule has 9 heteroatoms. The van der Waals surface area contributed by atoms with Crippen LogP contribution in [0.15, 0.2) is 78.1 Å². The van der Waals surface area contributed by atoms with Crippen LogP contribution in [0.1, 0.15) is 5.56 Å². The number of anilines is 1. The minimum Gasteiger partial charge on any atom is -0.495 e. The molecule has 0 saturated carbocycles. The first kappa shape index (κ1) is 23.0. The van der Waals surface area contributed by atoms with Crippen molar-refractivity contribution in [1.29, 1.82) is 0 Å². The summed E-state index contributed by atoms with van der Waals surface area (Å²) in [4.78, 5) is 16.0. The lowest BCUT2D eigenvalue weighted by molar-refractivity contribution is -0.113. The average Bonchev–Trinajstić information content (AvgIpc) is 3.47. The summed E-state index contributed by atoms with van der Waals surface area (Å²) in [6.45, 7) is 2.04. The van der Waals surface area contributed by atoms with Gasteiger partial charge < -0.3 is 15.0 Å². The van der Waals surface area contributed by atoms with Gasteiger partial charge in [-0.1, -0.05) is 53.7 Å². The highest BCUT2D eigenvalue weighted by molar-refractivity contribution is 7.99. The number of amides is 1. The van der Waals surface area contributed by atoms with Gasteiger partial charge >= 0.3 is 0 Å². The number of H-pyrrole nitrogens is 1. The van der Waals surface area contributed by atoms with E-state index in [0.717, 1.165) is 27.7 Å². The Morgan fingerprint density at radius 2 is 1.97 bits per heavy atom. The predicted octanol–water partition coefficient (Wildman–Crippen LogP) is 6.12. The van der Waals surface area contributed by atoms with E-state index < -0.39 is 0 Å². The van der Waals surface area contributed by atoms with Crippen molar-refractivity contribution in [3.63, 3.8) is 0 Å².